The van der Waals surface area contributed by atoms with E-state index in [4.69, 9.17) is 20.9 Å². The summed E-state index contributed by atoms with van der Waals surface area (Å²) in [5.41, 5.74) is 12.1. The quantitative estimate of drug-likeness (QED) is 0.277. The van der Waals surface area contributed by atoms with Crippen molar-refractivity contribution in [3.63, 3.8) is 0 Å². The molecular weight excluding hydrogens is 390 g/mol. The van der Waals surface area contributed by atoms with E-state index in [1.807, 2.05) is 30.3 Å². The van der Waals surface area contributed by atoms with Crippen LogP contribution in [0.25, 0.3) is 0 Å². The van der Waals surface area contributed by atoms with Crippen LogP contribution in [-0.4, -0.2) is 47.9 Å². The highest BCUT2D eigenvalue weighted by atomic mass is 16.5. The molecule has 0 bridgehead atoms. The number of ether oxygens (including phenoxy) is 2. The van der Waals surface area contributed by atoms with Gasteiger partial charge in [0.05, 0.1) is 6.42 Å². The number of methoxy groups -OCH3 is 1. The third-order valence-corrected chi connectivity index (χ3v) is 4.04. The molecule has 1 aromatic carbocycles. The van der Waals surface area contributed by atoms with Crippen LogP contribution < -0.4 is 16.8 Å². The average Bonchev–Trinajstić information content (AvgIpc) is 2.74. The number of anilines is 2. The summed E-state index contributed by atoms with van der Waals surface area (Å²) >= 11 is 0. The molecule has 5 N–H and O–H groups in total. The van der Waals surface area contributed by atoms with E-state index in [-0.39, 0.29) is 54.8 Å². The number of Topliss-reactive ketones (excluding diaryl/α,β-unsaturated/α-hetero) is 1. The first-order valence-corrected chi connectivity index (χ1v) is 9.35. The predicted molar refractivity (Wildman–Crippen MR) is 109 cm³/mol. The van der Waals surface area contributed by atoms with E-state index in [2.05, 4.69) is 15.3 Å². The molecule has 0 fully saturated rings. The van der Waals surface area contributed by atoms with E-state index in [1.54, 1.807) is 0 Å². The summed E-state index contributed by atoms with van der Waals surface area (Å²) in [4.78, 5) is 44.0. The second kappa shape index (κ2) is 11.5. The maximum atomic E-state index is 12.3. The van der Waals surface area contributed by atoms with Gasteiger partial charge in [0.1, 0.15) is 6.61 Å². The molecule has 0 aliphatic carbocycles. The highest BCUT2D eigenvalue weighted by molar-refractivity contribution is 6.01. The average molecular weight is 415 g/mol. The number of carbonyl (C=O) groups is 3. The number of ketones is 1. The van der Waals surface area contributed by atoms with Crippen LogP contribution in [-0.2, 0) is 20.9 Å². The maximum Gasteiger partial charge on any atom is 0.307 e. The number of hydrogen-bond donors (Lipinski definition) is 3. The molecule has 0 aliphatic rings. The van der Waals surface area contributed by atoms with Crippen LogP contribution >= 0.6 is 0 Å². The van der Waals surface area contributed by atoms with E-state index in [9.17, 15) is 14.4 Å². The van der Waals surface area contributed by atoms with Gasteiger partial charge in [0, 0.05) is 26.7 Å². The number of carbonyl (C=O) groups excluding carboxylic acids is 3. The number of nitrogens with one attached hydrogen (secondary N) is 1. The minimum Gasteiger partial charge on any atom is -0.461 e. The van der Waals surface area contributed by atoms with Gasteiger partial charge < -0.3 is 26.3 Å². The molecule has 0 unspecified atom stereocenters. The van der Waals surface area contributed by atoms with Crippen LogP contribution in [0, 0.1) is 0 Å². The Balaban J connectivity index is 1.85. The molecule has 0 aliphatic heterocycles. The number of esters is 1. The zero-order valence-corrected chi connectivity index (χ0v) is 16.7. The number of benzene rings is 1. The lowest BCUT2D eigenvalue weighted by Crippen LogP contribution is -2.29. The van der Waals surface area contributed by atoms with E-state index >= 15 is 0 Å². The largest absolute Gasteiger partial charge is 0.461 e. The molecule has 10 nitrogen and oxygen atoms in total. The van der Waals surface area contributed by atoms with Gasteiger partial charge in [0.2, 0.25) is 0 Å². The molecule has 0 saturated carbocycles. The zero-order valence-electron chi connectivity index (χ0n) is 16.7. The lowest BCUT2D eigenvalue weighted by atomic mass is 10.1. The predicted octanol–water partition coefficient (Wildman–Crippen LogP) is 1.11. The first kappa shape index (κ1) is 22.8. The van der Waals surface area contributed by atoms with Crippen molar-refractivity contribution in [3.05, 3.63) is 47.3 Å². The van der Waals surface area contributed by atoms with E-state index in [1.165, 1.54) is 7.11 Å². The summed E-state index contributed by atoms with van der Waals surface area (Å²) in [6.07, 6.45) is 0.638. The van der Waals surface area contributed by atoms with Gasteiger partial charge in [-0.2, -0.15) is 0 Å². The van der Waals surface area contributed by atoms with Gasteiger partial charge in [-0.3, -0.25) is 14.4 Å². The highest BCUT2D eigenvalue weighted by Gasteiger charge is 2.20. The van der Waals surface area contributed by atoms with Gasteiger partial charge in [0.15, 0.2) is 28.8 Å². The second-order valence-electron chi connectivity index (χ2n) is 6.36. The Labute approximate surface area is 174 Å². The number of nitrogens with zero attached hydrogens (tertiary/aromatic N) is 2. The van der Waals surface area contributed by atoms with Crippen molar-refractivity contribution >= 4 is 29.3 Å². The van der Waals surface area contributed by atoms with Gasteiger partial charge in [-0.15, -0.1) is 0 Å². The molecule has 2 aromatic rings. The second-order valence-corrected chi connectivity index (χ2v) is 6.36. The van der Waals surface area contributed by atoms with Crippen molar-refractivity contribution in [1.29, 1.82) is 0 Å². The van der Waals surface area contributed by atoms with Crippen molar-refractivity contribution in [3.8, 4) is 0 Å². The maximum absolute atomic E-state index is 12.3. The third kappa shape index (κ3) is 6.82. The lowest BCUT2D eigenvalue weighted by Gasteiger charge is -2.10. The Morgan fingerprint density at radius 3 is 2.37 bits per heavy atom. The normalized spacial score (nSPS) is 10.4. The number of nitrogens with two attached hydrogens (primary N) is 2. The molecule has 0 spiro atoms. The minimum absolute atomic E-state index is 0.0190. The first-order chi connectivity index (χ1) is 14.4. The van der Waals surface area contributed by atoms with Crippen molar-refractivity contribution < 1.29 is 23.9 Å². The molecule has 0 atom stereocenters. The fourth-order valence-electron chi connectivity index (χ4n) is 2.50. The topological polar surface area (TPSA) is 160 Å². The zero-order chi connectivity index (χ0) is 21.9. The molecule has 30 heavy (non-hydrogen) atoms. The summed E-state index contributed by atoms with van der Waals surface area (Å²) in [6, 6.07) is 9.24. The van der Waals surface area contributed by atoms with E-state index in [0.29, 0.717) is 13.0 Å². The smallest absolute Gasteiger partial charge is 0.307 e. The number of hydrogen-bond acceptors (Lipinski definition) is 9. The van der Waals surface area contributed by atoms with E-state index < -0.39 is 11.9 Å². The molecule has 1 aromatic heterocycles. The van der Waals surface area contributed by atoms with Crippen molar-refractivity contribution in [2.45, 2.75) is 25.9 Å². The summed E-state index contributed by atoms with van der Waals surface area (Å²) in [7, 11) is 1.53. The summed E-state index contributed by atoms with van der Waals surface area (Å²) in [5.74, 6) is -1.85. The number of rotatable bonds is 11. The van der Waals surface area contributed by atoms with Crippen molar-refractivity contribution in [2.75, 3.05) is 31.7 Å². The van der Waals surface area contributed by atoms with Crippen LogP contribution in [0.3, 0.4) is 0 Å². The Morgan fingerprint density at radius 1 is 1.00 bits per heavy atom. The summed E-state index contributed by atoms with van der Waals surface area (Å²) in [5, 5.41) is 2.51. The Morgan fingerprint density at radius 2 is 1.67 bits per heavy atom. The van der Waals surface area contributed by atoms with Crippen LogP contribution in [0.2, 0.25) is 0 Å². The monoisotopic (exact) mass is 415 g/mol. The summed E-state index contributed by atoms with van der Waals surface area (Å²) in [6.45, 7) is 0.594. The minimum atomic E-state index is -0.652. The first-order valence-electron chi connectivity index (χ1n) is 9.35. The van der Waals surface area contributed by atoms with Crippen LogP contribution in [0.5, 0.6) is 0 Å². The van der Waals surface area contributed by atoms with Gasteiger partial charge in [-0.1, -0.05) is 30.3 Å². The molecule has 160 valence electrons. The highest BCUT2D eigenvalue weighted by Crippen LogP contribution is 2.15. The Bertz CT molecular complexity index is 889. The SMILES string of the molecule is COCCCC(=O)c1nc(N)c(C(=O)NCCC(=O)OCc2ccccc2)nc1N. The molecule has 1 heterocycles. The van der Waals surface area contributed by atoms with Gasteiger partial charge in [-0.05, 0) is 12.0 Å². The molecular formula is C20H25N5O5. The van der Waals surface area contributed by atoms with Crippen molar-refractivity contribution in [2.24, 2.45) is 0 Å². The van der Waals surface area contributed by atoms with Crippen LogP contribution in [0.1, 0.15) is 45.8 Å². The van der Waals surface area contributed by atoms with Crippen LogP contribution in [0.4, 0.5) is 11.6 Å². The summed E-state index contributed by atoms with van der Waals surface area (Å²) < 4.78 is 10.0. The van der Waals surface area contributed by atoms with Crippen molar-refractivity contribution in [1.82, 2.24) is 15.3 Å². The molecule has 1 amide bonds. The number of aromatic nitrogens is 2. The number of amides is 1. The molecule has 2 rings (SSSR count). The third-order valence-electron chi connectivity index (χ3n) is 4.04. The van der Waals surface area contributed by atoms with Gasteiger partial charge in [0.25, 0.3) is 5.91 Å². The Hall–Kier alpha value is -3.53. The molecule has 0 radical (unpaired) electrons. The fourth-order valence-corrected chi connectivity index (χ4v) is 2.50. The Kier molecular flexibility index (Phi) is 8.70. The standard InChI is InChI=1S/C20H25N5O5/c1-29-11-5-8-14(26)16-18(21)25-17(19(22)24-16)20(28)23-10-9-15(27)30-12-13-6-3-2-4-7-13/h2-4,6-7H,5,8-12H2,1H3,(H2,21,25)(H2,22,24)(H,23,28). The number of nitrogen functional groups attached to an aromatic ring is 2. The van der Waals surface area contributed by atoms with Gasteiger partial charge >= 0.3 is 5.97 Å². The van der Waals surface area contributed by atoms with Crippen LogP contribution in [0.15, 0.2) is 30.3 Å². The lowest BCUT2D eigenvalue weighted by molar-refractivity contribution is -0.144. The molecule has 10 heteroatoms. The fraction of sp³-hybridized carbons (Fsp3) is 0.350. The van der Waals surface area contributed by atoms with E-state index in [0.717, 1.165) is 5.56 Å². The van der Waals surface area contributed by atoms with Gasteiger partial charge in [-0.25, -0.2) is 9.97 Å². The molecule has 0 saturated heterocycles.